The molecule has 0 spiro atoms. The summed E-state index contributed by atoms with van der Waals surface area (Å²) in [5, 5.41) is 11.6. The molecule has 3 aromatic rings. The average molecular weight is 354 g/mol. The van der Waals surface area contributed by atoms with Gasteiger partial charge in [-0.25, -0.2) is 0 Å². The third kappa shape index (κ3) is 4.60. The van der Waals surface area contributed by atoms with Crippen LogP contribution in [0.4, 0.5) is 5.69 Å². The molecule has 0 aliphatic rings. The highest BCUT2D eigenvalue weighted by Crippen LogP contribution is 2.23. The Labute approximate surface area is 150 Å². The molecule has 1 N–H and O–H groups in total. The molecule has 7 heteroatoms. The van der Waals surface area contributed by atoms with E-state index < -0.39 is 0 Å². The third-order valence-corrected chi connectivity index (χ3v) is 4.52. The Morgan fingerprint density at radius 1 is 1.08 bits per heavy atom. The van der Waals surface area contributed by atoms with Crippen molar-refractivity contribution in [2.75, 3.05) is 11.1 Å². The fourth-order valence-corrected chi connectivity index (χ4v) is 2.83. The first kappa shape index (κ1) is 17.0. The molecule has 25 heavy (non-hydrogen) atoms. The minimum atomic E-state index is -0.0950. The Morgan fingerprint density at radius 2 is 1.76 bits per heavy atom. The van der Waals surface area contributed by atoms with E-state index in [9.17, 15) is 4.79 Å². The fraction of sp³-hybridized carbons (Fsp3) is 0.167. The Hall–Kier alpha value is -2.80. The normalized spacial score (nSPS) is 10.5. The largest absolute Gasteiger partial charge is 0.457 e. The number of rotatable bonds is 6. The predicted octanol–water partition coefficient (Wildman–Crippen LogP) is 3.65. The van der Waals surface area contributed by atoms with Gasteiger partial charge in [0.15, 0.2) is 5.16 Å². The molecule has 0 fully saturated rings. The number of carbonyl (C=O) groups excluding carboxylic acids is 1. The van der Waals surface area contributed by atoms with Crippen LogP contribution in [-0.4, -0.2) is 26.4 Å². The quantitative estimate of drug-likeness (QED) is 0.684. The molecule has 0 aliphatic heterocycles. The summed E-state index contributed by atoms with van der Waals surface area (Å²) in [6.45, 7) is 1.87. The molecule has 0 radical (unpaired) electrons. The first-order chi connectivity index (χ1) is 12.1. The van der Waals surface area contributed by atoms with Gasteiger partial charge in [-0.3, -0.25) is 4.79 Å². The van der Waals surface area contributed by atoms with Crippen LogP contribution < -0.4 is 10.1 Å². The van der Waals surface area contributed by atoms with Gasteiger partial charge in [-0.2, -0.15) is 0 Å². The molecule has 2 aromatic carbocycles. The zero-order valence-electron chi connectivity index (χ0n) is 14.0. The molecule has 0 atom stereocenters. The Morgan fingerprint density at radius 3 is 2.40 bits per heavy atom. The van der Waals surface area contributed by atoms with Crippen LogP contribution in [0.5, 0.6) is 11.5 Å². The molecule has 0 saturated carbocycles. The number of aryl methyl sites for hydroxylation is 1. The monoisotopic (exact) mass is 354 g/mol. The van der Waals surface area contributed by atoms with Crippen LogP contribution in [0.3, 0.4) is 0 Å². The molecule has 0 saturated heterocycles. The van der Waals surface area contributed by atoms with E-state index >= 15 is 0 Å². The summed E-state index contributed by atoms with van der Waals surface area (Å²) in [5.74, 6) is 2.48. The number of para-hydroxylation sites is 1. The number of amides is 1. The van der Waals surface area contributed by atoms with Gasteiger partial charge in [0.05, 0.1) is 5.75 Å². The third-order valence-electron chi connectivity index (χ3n) is 3.50. The van der Waals surface area contributed by atoms with E-state index in [0.29, 0.717) is 5.75 Å². The van der Waals surface area contributed by atoms with Gasteiger partial charge in [-0.05, 0) is 43.3 Å². The first-order valence-electron chi connectivity index (χ1n) is 7.73. The second-order valence-electron chi connectivity index (χ2n) is 5.37. The highest BCUT2D eigenvalue weighted by molar-refractivity contribution is 7.99. The van der Waals surface area contributed by atoms with Crippen LogP contribution in [0.25, 0.3) is 0 Å². The maximum atomic E-state index is 12.1. The molecule has 128 valence electrons. The van der Waals surface area contributed by atoms with E-state index in [2.05, 4.69) is 15.5 Å². The lowest BCUT2D eigenvalue weighted by atomic mass is 10.3. The summed E-state index contributed by atoms with van der Waals surface area (Å²) >= 11 is 1.35. The highest BCUT2D eigenvalue weighted by Gasteiger charge is 2.09. The SMILES string of the molecule is Cc1nnc(SCC(=O)Nc2ccc(Oc3ccccc3)cc2)n1C. The zero-order valence-corrected chi connectivity index (χ0v) is 14.8. The number of aromatic nitrogens is 3. The van der Waals surface area contributed by atoms with Gasteiger partial charge in [-0.1, -0.05) is 30.0 Å². The summed E-state index contributed by atoms with van der Waals surface area (Å²) in [5.41, 5.74) is 0.722. The van der Waals surface area contributed by atoms with Gasteiger partial charge in [0.25, 0.3) is 0 Å². The summed E-state index contributed by atoms with van der Waals surface area (Å²) in [6, 6.07) is 16.8. The van der Waals surface area contributed by atoms with Gasteiger partial charge < -0.3 is 14.6 Å². The van der Waals surface area contributed by atoms with Gasteiger partial charge in [0.2, 0.25) is 5.91 Å². The van der Waals surface area contributed by atoms with Crippen molar-refractivity contribution in [3.63, 3.8) is 0 Å². The van der Waals surface area contributed by atoms with E-state index in [1.165, 1.54) is 11.8 Å². The number of anilines is 1. The van der Waals surface area contributed by atoms with Crippen LogP contribution in [0.1, 0.15) is 5.82 Å². The van der Waals surface area contributed by atoms with Crippen molar-refractivity contribution < 1.29 is 9.53 Å². The minimum Gasteiger partial charge on any atom is -0.457 e. The van der Waals surface area contributed by atoms with E-state index in [1.54, 1.807) is 0 Å². The van der Waals surface area contributed by atoms with Crippen LogP contribution in [-0.2, 0) is 11.8 Å². The minimum absolute atomic E-state index is 0.0950. The molecule has 1 heterocycles. The number of nitrogens with zero attached hydrogens (tertiary/aromatic N) is 3. The van der Waals surface area contributed by atoms with E-state index in [4.69, 9.17) is 4.74 Å². The number of ether oxygens (including phenoxy) is 1. The lowest BCUT2D eigenvalue weighted by molar-refractivity contribution is -0.113. The van der Waals surface area contributed by atoms with Crippen molar-refractivity contribution in [2.45, 2.75) is 12.1 Å². The number of thioether (sulfide) groups is 1. The molecular weight excluding hydrogens is 336 g/mol. The molecule has 0 unspecified atom stereocenters. The second-order valence-corrected chi connectivity index (χ2v) is 6.31. The van der Waals surface area contributed by atoms with Crippen molar-refractivity contribution >= 4 is 23.4 Å². The highest BCUT2D eigenvalue weighted by atomic mass is 32.2. The lowest BCUT2D eigenvalue weighted by Gasteiger charge is -2.08. The van der Waals surface area contributed by atoms with Crippen molar-refractivity contribution in [3.8, 4) is 11.5 Å². The van der Waals surface area contributed by atoms with Crippen molar-refractivity contribution in [3.05, 3.63) is 60.4 Å². The maximum absolute atomic E-state index is 12.1. The first-order valence-corrected chi connectivity index (χ1v) is 8.72. The van der Waals surface area contributed by atoms with Gasteiger partial charge in [0.1, 0.15) is 17.3 Å². The average Bonchev–Trinajstić information content (AvgIpc) is 2.94. The van der Waals surface area contributed by atoms with Crippen molar-refractivity contribution in [2.24, 2.45) is 7.05 Å². The van der Waals surface area contributed by atoms with E-state index in [-0.39, 0.29) is 11.7 Å². The molecule has 6 nitrogen and oxygen atoms in total. The zero-order chi connectivity index (χ0) is 17.6. The lowest BCUT2D eigenvalue weighted by Crippen LogP contribution is -2.14. The number of nitrogens with one attached hydrogen (secondary N) is 1. The van der Waals surface area contributed by atoms with Crippen LogP contribution in [0.15, 0.2) is 59.8 Å². The standard InChI is InChI=1S/C18H18N4O2S/c1-13-20-21-18(22(13)2)25-12-17(23)19-14-8-10-16(11-9-14)24-15-6-4-3-5-7-15/h3-11H,12H2,1-2H3,(H,19,23). The van der Waals surface area contributed by atoms with Crippen molar-refractivity contribution in [1.82, 2.24) is 14.8 Å². The number of benzene rings is 2. The molecule has 1 amide bonds. The molecular formula is C18H18N4O2S. The summed E-state index contributed by atoms with van der Waals surface area (Å²) in [6.07, 6.45) is 0. The Bertz CT molecular complexity index is 847. The van der Waals surface area contributed by atoms with Gasteiger partial charge in [0, 0.05) is 12.7 Å². The van der Waals surface area contributed by atoms with Crippen LogP contribution in [0.2, 0.25) is 0 Å². The summed E-state index contributed by atoms with van der Waals surface area (Å²) < 4.78 is 7.58. The molecule has 0 aliphatic carbocycles. The van der Waals surface area contributed by atoms with Crippen molar-refractivity contribution in [1.29, 1.82) is 0 Å². The van der Waals surface area contributed by atoms with Gasteiger partial charge in [-0.15, -0.1) is 10.2 Å². The Kier molecular flexibility index (Phi) is 5.35. The Balaban J connectivity index is 1.52. The molecule has 3 rings (SSSR count). The topological polar surface area (TPSA) is 69.0 Å². The maximum Gasteiger partial charge on any atom is 0.234 e. The predicted molar refractivity (Wildman–Crippen MR) is 98.1 cm³/mol. The summed E-state index contributed by atoms with van der Waals surface area (Å²) in [7, 11) is 1.88. The van der Waals surface area contributed by atoms with Crippen LogP contribution >= 0.6 is 11.8 Å². The molecule has 1 aromatic heterocycles. The molecule has 0 bridgehead atoms. The second kappa shape index (κ2) is 7.85. The number of hydrogen-bond donors (Lipinski definition) is 1. The van der Waals surface area contributed by atoms with Crippen LogP contribution in [0, 0.1) is 6.92 Å². The fourth-order valence-electron chi connectivity index (χ4n) is 2.07. The van der Waals surface area contributed by atoms with E-state index in [1.807, 2.05) is 73.1 Å². The number of hydrogen-bond acceptors (Lipinski definition) is 5. The summed E-state index contributed by atoms with van der Waals surface area (Å²) in [4.78, 5) is 12.1. The van der Waals surface area contributed by atoms with E-state index in [0.717, 1.165) is 22.4 Å². The smallest absolute Gasteiger partial charge is 0.234 e. The number of carbonyl (C=O) groups is 1. The van der Waals surface area contributed by atoms with Gasteiger partial charge >= 0.3 is 0 Å².